The van der Waals surface area contributed by atoms with E-state index in [4.69, 9.17) is 19.4 Å². The van der Waals surface area contributed by atoms with Crippen LogP contribution < -0.4 is 20.3 Å². The molecule has 10 nitrogen and oxygen atoms in total. The van der Waals surface area contributed by atoms with E-state index in [-0.39, 0.29) is 22.6 Å². The first kappa shape index (κ1) is 25.8. The van der Waals surface area contributed by atoms with Gasteiger partial charge in [0.1, 0.15) is 5.75 Å². The standard InChI is InChI=1S/C26H24N2O8/c1-34-21-13-12-18(16-20(21)29)24(36-26(32)27-25(31)17-8-4-2-5-9-17)22(14-15-23(30)28-33)35-19-10-6-3-7-11-19/h2-16,22,24,29,33H,1H3,(H,28,30)(H,27,31,32)/b15-14+/t22-,24-/m0/s1. The van der Waals surface area contributed by atoms with Gasteiger partial charge in [-0.05, 0) is 42.5 Å². The van der Waals surface area contributed by atoms with Gasteiger partial charge in [-0.25, -0.2) is 10.3 Å². The topological polar surface area (TPSA) is 143 Å². The Morgan fingerprint density at radius 2 is 1.61 bits per heavy atom. The second-order valence-electron chi connectivity index (χ2n) is 7.31. The van der Waals surface area contributed by atoms with Crippen molar-refractivity contribution in [3.05, 3.63) is 102 Å². The number of para-hydroxylation sites is 1. The first-order valence-electron chi connectivity index (χ1n) is 10.7. The molecule has 0 aliphatic carbocycles. The number of aromatic hydroxyl groups is 1. The Morgan fingerprint density at radius 3 is 2.22 bits per heavy atom. The van der Waals surface area contributed by atoms with Crippen molar-refractivity contribution in [3.63, 3.8) is 0 Å². The lowest BCUT2D eigenvalue weighted by Crippen LogP contribution is -2.36. The van der Waals surface area contributed by atoms with E-state index in [0.29, 0.717) is 5.75 Å². The summed E-state index contributed by atoms with van der Waals surface area (Å²) < 4.78 is 16.6. The van der Waals surface area contributed by atoms with Crippen molar-refractivity contribution in [2.45, 2.75) is 12.2 Å². The van der Waals surface area contributed by atoms with Gasteiger partial charge in [-0.15, -0.1) is 0 Å². The number of ether oxygens (including phenoxy) is 3. The highest BCUT2D eigenvalue weighted by atomic mass is 16.6. The summed E-state index contributed by atoms with van der Waals surface area (Å²) in [6.07, 6.45) is -1.23. The number of methoxy groups -OCH3 is 1. The number of hydroxylamine groups is 1. The number of alkyl carbamates (subject to hydrolysis) is 1. The van der Waals surface area contributed by atoms with Gasteiger partial charge in [-0.2, -0.15) is 0 Å². The van der Waals surface area contributed by atoms with Crippen LogP contribution in [0.3, 0.4) is 0 Å². The van der Waals surface area contributed by atoms with E-state index < -0.39 is 30.1 Å². The average molecular weight is 492 g/mol. The monoisotopic (exact) mass is 492 g/mol. The third kappa shape index (κ3) is 7.08. The molecule has 0 saturated heterocycles. The highest BCUT2D eigenvalue weighted by Crippen LogP contribution is 2.33. The predicted octanol–water partition coefficient (Wildman–Crippen LogP) is 3.52. The lowest BCUT2D eigenvalue weighted by Gasteiger charge is -2.26. The Bertz CT molecular complexity index is 1220. The summed E-state index contributed by atoms with van der Waals surface area (Å²) in [5, 5.41) is 21.3. The fourth-order valence-corrected chi connectivity index (χ4v) is 3.19. The predicted molar refractivity (Wildman–Crippen MR) is 128 cm³/mol. The van der Waals surface area contributed by atoms with Crippen molar-refractivity contribution in [2.75, 3.05) is 7.11 Å². The van der Waals surface area contributed by atoms with Gasteiger partial charge in [0.05, 0.1) is 7.11 Å². The Kier molecular flexibility index (Phi) is 9.01. The molecule has 10 heteroatoms. The molecule has 0 unspecified atom stereocenters. The Hall–Kier alpha value is -4.83. The molecule has 0 fully saturated rings. The summed E-state index contributed by atoms with van der Waals surface area (Å²) in [7, 11) is 1.38. The molecule has 186 valence electrons. The Morgan fingerprint density at radius 1 is 0.944 bits per heavy atom. The molecule has 0 bridgehead atoms. The molecule has 0 radical (unpaired) electrons. The van der Waals surface area contributed by atoms with Crippen LogP contribution in [-0.2, 0) is 9.53 Å². The van der Waals surface area contributed by atoms with Gasteiger partial charge >= 0.3 is 6.09 Å². The summed E-state index contributed by atoms with van der Waals surface area (Å²) in [6.45, 7) is 0. The molecule has 4 N–H and O–H groups in total. The molecule has 3 aromatic carbocycles. The first-order valence-corrected chi connectivity index (χ1v) is 10.7. The number of carbonyl (C=O) groups is 3. The van der Waals surface area contributed by atoms with E-state index in [2.05, 4.69) is 5.32 Å². The molecule has 2 atom stereocenters. The Balaban J connectivity index is 1.95. The van der Waals surface area contributed by atoms with E-state index in [1.165, 1.54) is 49.0 Å². The van der Waals surface area contributed by atoms with Crippen LogP contribution in [0.25, 0.3) is 0 Å². The number of carbonyl (C=O) groups excluding carboxylic acids is 3. The second-order valence-corrected chi connectivity index (χ2v) is 7.31. The lowest BCUT2D eigenvalue weighted by molar-refractivity contribution is -0.124. The van der Waals surface area contributed by atoms with Gasteiger partial charge in [0, 0.05) is 17.2 Å². The summed E-state index contributed by atoms with van der Waals surface area (Å²) in [6, 6.07) is 20.9. The van der Waals surface area contributed by atoms with E-state index >= 15 is 0 Å². The van der Waals surface area contributed by atoms with Gasteiger partial charge in [0.15, 0.2) is 23.7 Å². The van der Waals surface area contributed by atoms with Crippen LogP contribution >= 0.6 is 0 Å². The van der Waals surface area contributed by atoms with Crippen LogP contribution in [-0.4, -0.2) is 41.4 Å². The van der Waals surface area contributed by atoms with Gasteiger partial charge < -0.3 is 19.3 Å². The highest BCUT2D eigenvalue weighted by molar-refractivity contribution is 6.02. The summed E-state index contributed by atoms with van der Waals surface area (Å²) >= 11 is 0. The van der Waals surface area contributed by atoms with Crippen LogP contribution in [0.2, 0.25) is 0 Å². The number of imide groups is 1. The molecule has 0 aliphatic heterocycles. The van der Waals surface area contributed by atoms with Crippen molar-refractivity contribution in [2.24, 2.45) is 0 Å². The molecule has 0 aromatic heterocycles. The number of rotatable bonds is 9. The van der Waals surface area contributed by atoms with Crippen molar-refractivity contribution in [1.29, 1.82) is 0 Å². The third-order valence-electron chi connectivity index (χ3n) is 4.88. The number of hydrogen-bond donors (Lipinski definition) is 4. The van der Waals surface area contributed by atoms with Gasteiger partial charge in [0.2, 0.25) is 0 Å². The minimum Gasteiger partial charge on any atom is -0.504 e. The van der Waals surface area contributed by atoms with Crippen LogP contribution in [0, 0.1) is 0 Å². The number of phenols is 1. The van der Waals surface area contributed by atoms with E-state index in [1.54, 1.807) is 48.5 Å². The number of phenolic OH excluding ortho intramolecular Hbond substituents is 1. The van der Waals surface area contributed by atoms with Crippen molar-refractivity contribution < 1.29 is 38.9 Å². The molecule has 3 rings (SSSR count). The number of benzene rings is 3. The fourth-order valence-electron chi connectivity index (χ4n) is 3.19. The molecular weight excluding hydrogens is 468 g/mol. The highest BCUT2D eigenvalue weighted by Gasteiger charge is 2.29. The lowest BCUT2D eigenvalue weighted by atomic mass is 10.0. The fraction of sp³-hybridized carbons (Fsp3) is 0.115. The number of hydrogen-bond acceptors (Lipinski definition) is 8. The average Bonchev–Trinajstić information content (AvgIpc) is 2.90. The van der Waals surface area contributed by atoms with E-state index in [9.17, 15) is 19.5 Å². The largest absolute Gasteiger partial charge is 0.504 e. The molecule has 36 heavy (non-hydrogen) atoms. The Labute approximate surface area is 206 Å². The molecule has 0 saturated carbocycles. The maximum atomic E-state index is 12.7. The van der Waals surface area contributed by atoms with Crippen molar-refractivity contribution in [3.8, 4) is 17.2 Å². The summed E-state index contributed by atoms with van der Waals surface area (Å²) in [5.74, 6) is -1.22. The number of nitrogens with one attached hydrogen (secondary N) is 2. The SMILES string of the molecule is COc1ccc([C@H](OC(=O)NC(=O)c2ccccc2)[C@H](/C=C/C(=O)NO)Oc2ccccc2)cc1O. The van der Waals surface area contributed by atoms with Crippen LogP contribution in [0.15, 0.2) is 91.0 Å². The zero-order valence-corrected chi connectivity index (χ0v) is 19.2. The van der Waals surface area contributed by atoms with E-state index in [0.717, 1.165) is 6.08 Å². The molecule has 0 heterocycles. The third-order valence-corrected chi connectivity index (χ3v) is 4.88. The zero-order valence-electron chi connectivity index (χ0n) is 19.2. The van der Waals surface area contributed by atoms with Crippen LogP contribution in [0.5, 0.6) is 17.2 Å². The van der Waals surface area contributed by atoms with Gasteiger partial charge in [-0.3, -0.25) is 20.1 Å². The maximum Gasteiger partial charge on any atom is 0.414 e. The molecular formula is C26H24N2O8. The molecule has 0 spiro atoms. The minimum atomic E-state index is -1.26. The quantitative estimate of drug-likeness (QED) is 0.202. The molecule has 0 aliphatic rings. The minimum absolute atomic E-state index is 0.178. The second kappa shape index (κ2) is 12.6. The van der Waals surface area contributed by atoms with Gasteiger partial charge in [0.25, 0.3) is 11.8 Å². The summed E-state index contributed by atoms with van der Waals surface area (Å²) in [5.41, 5.74) is 1.98. The number of amides is 3. The van der Waals surface area contributed by atoms with Crippen LogP contribution in [0.1, 0.15) is 22.0 Å². The first-order chi connectivity index (χ1) is 17.4. The normalized spacial score (nSPS) is 12.3. The smallest absolute Gasteiger partial charge is 0.414 e. The van der Waals surface area contributed by atoms with Gasteiger partial charge in [-0.1, -0.05) is 42.5 Å². The van der Waals surface area contributed by atoms with Crippen molar-refractivity contribution in [1.82, 2.24) is 10.8 Å². The van der Waals surface area contributed by atoms with E-state index in [1.807, 2.05) is 0 Å². The molecule has 3 amide bonds. The zero-order chi connectivity index (χ0) is 25.9. The van der Waals surface area contributed by atoms with Crippen molar-refractivity contribution >= 4 is 17.9 Å². The summed E-state index contributed by atoms with van der Waals surface area (Å²) in [4.78, 5) is 36.8. The van der Waals surface area contributed by atoms with Crippen LogP contribution in [0.4, 0.5) is 4.79 Å². The molecule has 3 aromatic rings. The maximum absolute atomic E-state index is 12.7.